The van der Waals surface area contributed by atoms with Gasteiger partial charge in [0.15, 0.2) is 0 Å². The predicted molar refractivity (Wildman–Crippen MR) is 70.7 cm³/mol. The van der Waals surface area contributed by atoms with E-state index in [1.54, 1.807) is 26.0 Å². The number of halogens is 1. The number of anilines is 1. The number of hydrogen-bond acceptors (Lipinski definition) is 2. The summed E-state index contributed by atoms with van der Waals surface area (Å²) in [5.41, 5.74) is 1.61. The van der Waals surface area contributed by atoms with Crippen molar-refractivity contribution in [1.29, 1.82) is 0 Å². The van der Waals surface area contributed by atoms with Crippen LogP contribution in [0.3, 0.4) is 0 Å². The van der Waals surface area contributed by atoms with Crippen LogP contribution in [0, 0.1) is 6.92 Å². The van der Waals surface area contributed by atoms with E-state index in [0.717, 1.165) is 5.56 Å². The lowest BCUT2D eigenvalue weighted by Crippen LogP contribution is -2.61. The number of amides is 2. The second-order valence-corrected chi connectivity index (χ2v) is 4.98. The quantitative estimate of drug-likeness (QED) is 0.844. The lowest BCUT2D eigenvalue weighted by molar-refractivity contribution is -0.133. The molecule has 0 bridgehead atoms. The normalized spacial score (nSPS) is 24.1. The van der Waals surface area contributed by atoms with E-state index in [0.29, 0.717) is 10.7 Å². The highest BCUT2D eigenvalue weighted by molar-refractivity contribution is 6.31. The topological polar surface area (TPSA) is 49.4 Å². The number of nitrogens with one attached hydrogen (secondary N) is 1. The van der Waals surface area contributed by atoms with Crippen molar-refractivity contribution >= 4 is 29.1 Å². The number of aryl methyl sites for hydroxylation is 1. The van der Waals surface area contributed by atoms with Crippen molar-refractivity contribution in [2.45, 2.75) is 32.9 Å². The first-order chi connectivity index (χ1) is 8.41. The van der Waals surface area contributed by atoms with E-state index in [9.17, 15) is 9.59 Å². The third kappa shape index (κ3) is 2.08. The maximum atomic E-state index is 12.2. The Bertz CT molecular complexity index is 516. The van der Waals surface area contributed by atoms with E-state index < -0.39 is 12.1 Å². The molecule has 2 atom stereocenters. The van der Waals surface area contributed by atoms with Crippen molar-refractivity contribution < 1.29 is 9.59 Å². The summed E-state index contributed by atoms with van der Waals surface area (Å²) in [5.74, 6) is -0.269. The Labute approximate surface area is 111 Å². The van der Waals surface area contributed by atoms with Crippen molar-refractivity contribution in [3.63, 3.8) is 0 Å². The first-order valence-corrected chi connectivity index (χ1v) is 6.19. The molecule has 0 aliphatic carbocycles. The Morgan fingerprint density at radius 3 is 2.61 bits per heavy atom. The molecule has 0 spiro atoms. The lowest BCUT2D eigenvalue weighted by atomic mass is 10.1. The minimum Gasteiger partial charge on any atom is -0.343 e. The number of carbonyl (C=O) groups excluding carboxylic acids is 2. The summed E-state index contributed by atoms with van der Waals surface area (Å²) in [5, 5.41) is 3.20. The summed E-state index contributed by atoms with van der Waals surface area (Å²) in [7, 11) is 0. The first-order valence-electron chi connectivity index (χ1n) is 5.81. The van der Waals surface area contributed by atoms with E-state index in [-0.39, 0.29) is 11.8 Å². The van der Waals surface area contributed by atoms with Crippen LogP contribution in [0.15, 0.2) is 18.2 Å². The zero-order valence-electron chi connectivity index (χ0n) is 10.5. The van der Waals surface area contributed by atoms with Crippen molar-refractivity contribution in [2.75, 3.05) is 4.90 Å². The Kier molecular flexibility index (Phi) is 3.30. The molecule has 1 aliphatic rings. The number of benzene rings is 1. The van der Waals surface area contributed by atoms with E-state index in [2.05, 4.69) is 5.32 Å². The molecule has 4 nitrogen and oxygen atoms in total. The highest BCUT2D eigenvalue weighted by Gasteiger charge is 2.37. The van der Waals surface area contributed by atoms with E-state index in [1.165, 1.54) is 4.90 Å². The Morgan fingerprint density at radius 1 is 1.28 bits per heavy atom. The monoisotopic (exact) mass is 266 g/mol. The summed E-state index contributed by atoms with van der Waals surface area (Å²) in [6, 6.07) is 4.30. The van der Waals surface area contributed by atoms with Crippen molar-refractivity contribution in [3.05, 3.63) is 28.8 Å². The average Bonchev–Trinajstić information content (AvgIpc) is 2.31. The zero-order chi connectivity index (χ0) is 13.4. The molecule has 2 rings (SSSR count). The van der Waals surface area contributed by atoms with Crippen LogP contribution in [0.1, 0.15) is 19.4 Å². The molecule has 1 fully saturated rings. The van der Waals surface area contributed by atoms with Gasteiger partial charge < -0.3 is 5.32 Å². The number of piperazine rings is 1. The van der Waals surface area contributed by atoms with Crippen LogP contribution in [-0.2, 0) is 9.59 Å². The van der Waals surface area contributed by atoms with Crippen LogP contribution >= 0.6 is 11.6 Å². The molecule has 2 amide bonds. The van der Waals surface area contributed by atoms with Gasteiger partial charge in [-0.25, -0.2) is 0 Å². The highest BCUT2D eigenvalue weighted by atomic mass is 35.5. The van der Waals surface area contributed by atoms with Crippen molar-refractivity contribution in [2.24, 2.45) is 0 Å². The molecule has 0 saturated carbocycles. The molecule has 2 unspecified atom stereocenters. The molecule has 5 heteroatoms. The van der Waals surface area contributed by atoms with E-state index >= 15 is 0 Å². The number of rotatable bonds is 1. The molecular formula is C13H15ClN2O2. The average molecular weight is 267 g/mol. The summed E-state index contributed by atoms with van der Waals surface area (Å²) >= 11 is 5.97. The fourth-order valence-electron chi connectivity index (χ4n) is 2.08. The minimum atomic E-state index is -0.522. The van der Waals surface area contributed by atoms with E-state index in [4.69, 9.17) is 11.6 Å². The molecule has 1 aliphatic heterocycles. The van der Waals surface area contributed by atoms with Crippen LogP contribution in [0.5, 0.6) is 0 Å². The van der Waals surface area contributed by atoms with Crippen LogP contribution in [0.2, 0.25) is 5.02 Å². The molecule has 1 N–H and O–H groups in total. The third-order valence-electron chi connectivity index (χ3n) is 3.16. The van der Waals surface area contributed by atoms with Gasteiger partial charge in [-0.1, -0.05) is 17.7 Å². The maximum Gasteiger partial charge on any atom is 0.250 e. The standard InChI is InChI=1S/C13H15ClN2O2/c1-7-4-5-10(14)6-11(7)16-9(3)12(17)15-8(2)13(16)18/h4-6,8-9H,1-3H3,(H,15,17). The second kappa shape index (κ2) is 4.61. The minimum absolute atomic E-state index is 0.118. The summed E-state index contributed by atoms with van der Waals surface area (Å²) in [6.07, 6.45) is 0. The van der Waals surface area contributed by atoms with Crippen molar-refractivity contribution in [1.82, 2.24) is 5.32 Å². The van der Waals surface area contributed by atoms with Gasteiger partial charge in [0.1, 0.15) is 12.1 Å². The molecule has 96 valence electrons. The second-order valence-electron chi connectivity index (χ2n) is 4.55. The third-order valence-corrected chi connectivity index (χ3v) is 3.40. The van der Waals surface area contributed by atoms with Gasteiger partial charge >= 0.3 is 0 Å². The molecule has 0 radical (unpaired) electrons. The summed E-state index contributed by atoms with van der Waals surface area (Å²) in [6.45, 7) is 5.28. The van der Waals surface area contributed by atoms with Gasteiger partial charge in [0.25, 0.3) is 0 Å². The molecular weight excluding hydrogens is 252 g/mol. The lowest BCUT2D eigenvalue weighted by Gasteiger charge is -2.36. The van der Waals surface area contributed by atoms with Gasteiger partial charge in [-0.2, -0.15) is 0 Å². The fourth-order valence-corrected chi connectivity index (χ4v) is 2.25. The van der Waals surface area contributed by atoms with Gasteiger partial charge in [0, 0.05) is 10.7 Å². The fraction of sp³-hybridized carbons (Fsp3) is 0.385. The van der Waals surface area contributed by atoms with Gasteiger partial charge in [0.2, 0.25) is 11.8 Å². The highest BCUT2D eigenvalue weighted by Crippen LogP contribution is 2.28. The van der Waals surface area contributed by atoms with Gasteiger partial charge in [-0.3, -0.25) is 14.5 Å². The molecule has 18 heavy (non-hydrogen) atoms. The van der Waals surface area contributed by atoms with Crippen LogP contribution in [-0.4, -0.2) is 23.9 Å². The van der Waals surface area contributed by atoms with Crippen LogP contribution < -0.4 is 10.2 Å². The van der Waals surface area contributed by atoms with E-state index in [1.807, 2.05) is 13.0 Å². The van der Waals surface area contributed by atoms with Crippen LogP contribution in [0.4, 0.5) is 5.69 Å². The molecule has 1 saturated heterocycles. The smallest absolute Gasteiger partial charge is 0.250 e. The number of nitrogens with zero attached hydrogens (tertiary/aromatic N) is 1. The number of hydrogen-bond donors (Lipinski definition) is 1. The largest absolute Gasteiger partial charge is 0.343 e. The summed E-state index contributed by atoms with van der Waals surface area (Å²) < 4.78 is 0. The zero-order valence-corrected chi connectivity index (χ0v) is 11.3. The molecule has 0 aromatic heterocycles. The summed E-state index contributed by atoms with van der Waals surface area (Å²) in [4.78, 5) is 25.5. The first kappa shape index (κ1) is 12.9. The Morgan fingerprint density at radius 2 is 1.94 bits per heavy atom. The Balaban J connectivity index is 2.49. The van der Waals surface area contributed by atoms with Gasteiger partial charge in [-0.15, -0.1) is 0 Å². The molecule has 1 heterocycles. The maximum absolute atomic E-state index is 12.2. The predicted octanol–water partition coefficient (Wildman–Crippen LogP) is 1.89. The van der Waals surface area contributed by atoms with Gasteiger partial charge in [0.05, 0.1) is 0 Å². The molecule has 1 aromatic rings. The van der Waals surface area contributed by atoms with Gasteiger partial charge in [-0.05, 0) is 38.5 Å². The van der Waals surface area contributed by atoms with Crippen molar-refractivity contribution in [3.8, 4) is 0 Å². The Hall–Kier alpha value is -1.55. The SMILES string of the molecule is Cc1ccc(Cl)cc1N1C(=O)C(C)NC(=O)C1C. The molecule has 1 aromatic carbocycles. The van der Waals surface area contributed by atoms with Crippen LogP contribution in [0.25, 0.3) is 0 Å². The number of carbonyl (C=O) groups is 2.